The van der Waals surface area contributed by atoms with E-state index in [-0.39, 0.29) is 47.1 Å². The van der Waals surface area contributed by atoms with Crippen LogP contribution in [0.3, 0.4) is 0 Å². The third kappa shape index (κ3) is 5.56. The lowest BCUT2D eigenvalue weighted by Gasteiger charge is -2.34. The molecule has 0 aliphatic carbocycles. The highest BCUT2D eigenvalue weighted by molar-refractivity contribution is 5.94. The lowest BCUT2D eigenvalue weighted by atomic mass is 9.88. The van der Waals surface area contributed by atoms with Crippen LogP contribution in [0.5, 0.6) is 0 Å². The zero-order chi connectivity index (χ0) is 26.8. The van der Waals surface area contributed by atoms with Gasteiger partial charge in [-0.3, -0.25) is 19.7 Å². The van der Waals surface area contributed by atoms with Crippen LogP contribution in [0.1, 0.15) is 33.5 Å². The number of piperidine rings is 1. The van der Waals surface area contributed by atoms with Crippen molar-refractivity contribution >= 4 is 17.5 Å². The molecule has 2 fully saturated rings. The first kappa shape index (κ1) is 25.5. The van der Waals surface area contributed by atoms with E-state index in [1.54, 1.807) is 17.0 Å². The van der Waals surface area contributed by atoms with Crippen LogP contribution >= 0.6 is 0 Å². The minimum Gasteiger partial charge on any atom is -0.342 e. The van der Waals surface area contributed by atoms with Crippen molar-refractivity contribution in [3.63, 3.8) is 0 Å². The van der Waals surface area contributed by atoms with E-state index < -0.39 is 10.7 Å². The second kappa shape index (κ2) is 10.7. The first-order valence-electron chi connectivity index (χ1n) is 12.6. The molecule has 5 rings (SSSR count). The van der Waals surface area contributed by atoms with Crippen molar-refractivity contribution in [1.29, 1.82) is 0 Å². The highest BCUT2D eigenvalue weighted by Gasteiger charge is 2.40. The minimum atomic E-state index is -0.763. The predicted octanol–water partition coefficient (Wildman–Crippen LogP) is 4.63. The maximum atomic E-state index is 14.3. The Morgan fingerprint density at radius 1 is 0.895 bits per heavy atom. The number of fused-ring (bicyclic) bond motifs is 1. The lowest BCUT2D eigenvalue weighted by molar-refractivity contribution is -0.385. The third-order valence-electron chi connectivity index (χ3n) is 7.50. The van der Waals surface area contributed by atoms with Gasteiger partial charge in [0.1, 0.15) is 11.6 Å². The monoisotopic (exact) mass is 519 g/mol. The predicted molar refractivity (Wildman–Crippen MR) is 136 cm³/mol. The van der Waals surface area contributed by atoms with Gasteiger partial charge in [0.05, 0.1) is 17.4 Å². The molecule has 0 bridgehead atoms. The summed E-state index contributed by atoms with van der Waals surface area (Å²) in [6.45, 7) is 2.17. The van der Waals surface area contributed by atoms with Gasteiger partial charge in [-0.15, -0.1) is 0 Å². The molecule has 2 heterocycles. The van der Waals surface area contributed by atoms with E-state index in [9.17, 15) is 28.5 Å². The second-order valence-electron chi connectivity index (χ2n) is 10.1. The molecule has 0 radical (unpaired) electrons. The Labute approximate surface area is 218 Å². The molecule has 38 heavy (non-hydrogen) atoms. The molecule has 0 spiro atoms. The van der Waals surface area contributed by atoms with Gasteiger partial charge in [0.2, 0.25) is 5.91 Å². The van der Waals surface area contributed by atoms with E-state index in [0.29, 0.717) is 38.2 Å². The largest absolute Gasteiger partial charge is 0.342 e. The summed E-state index contributed by atoms with van der Waals surface area (Å²) >= 11 is 0. The van der Waals surface area contributed by atoms with Crippen LogP contribution in [0, 0.1) is 33.6 Å². The first-order chi connectivity index (χ1) is 18.3. The first-order valence-corrected chi connectivity index (χ1v) is 12.6. The van der Waals surface area contributed by atoms with E-state index in [2.05, 4.69) is 0 Å². The Kier molecular flexibility index (Phi) is 7.18. The summed E-state index contributed by atoms with van der Waals surface area (Å²) in [5.74, 6) is -0.949. The van der Waals surface area contributed by atoms with Crippen molar-refractivity contribution in [2.75, 3.05) is 26.2 Å². The van der Waals surface area contributed by atoms with Crippen molar-refractivity contribution in [3.8, 4) is 0 Å². The molecule has 2 aliphatic rings. The smallest absolute Gasteiger partial charge is 0.272 e. The molecule has 0 saturated carbocycles. The minimum absolute atomic E-state index is 0.0673. The summed E-state index contributed by atoms with van der Waals surface area (Å²) in [6.07, 6.45) is 1.13. The molecule has 3 aromatic rings. The molecule has 0 N–H and O–H groups in total. The highest BCUT2D eigenvalue weighted by atomic mass is 19.1. The third-order valence-corrected chi connectivity index (χ3v) is 7.50. The number of benzene rings is 3. The highest BCUT2D eigenvalue weighted by Crippen LogP contribution is 2.32. The molecule has 2 atom stereocenters. The van der Waals surface area contributed by atoms with Crippen LogP contribution in [-0.4, -0.2) is 52.7 Å². The van der Waals surface area contributed by atoms with E-state index in [1.807, 2.05) is 29.2 Å². The van der Waals surface area contributed by atoms with Gasteiger partial charge in [-0.1, -0.05) is 24.3 Å². The number of carbonyl (C=O) groups is 2. The molecule has 2 aliphatic heterocycles. The van der Waals surface area contributed by atoms with Crippen molar-refractivity contribution in [2.45, 2.75) is 19.3 Å². The average molecular weight is 520 g/mol. The zero-order valence-electron chi connectivity index (χ0n) is 20.7. The molecule has 0 unspecified atom stereocenters. The topological polar surface area (TPSA) is 83.8 Å². The number of nitro benzene ring substituents is 1. The molecule has 196 valence electrons. The van der Waals surface area contributed by atoms with E-state index in [4.69, 9.17) is 0 Å². The fraction of sp³-hybridized carbons (Fsp3) is 0.310. The van der Waals surface area contributed by atoms with Gasteiger partial charge >= 0.3 is 0 Å². The standard InChI is InChI=1S/C29H27F2N3O4/c30-25-6-2-4-20(13-25)11-19-3-1-5-22(12-19)29(36)32-10-9-23-16-33(18-24(23)17-32)28(35)14-21-7-8-26(34(37)38)15-27(21)31/h1-8,12-13,15,23-24H,9-11,14,16-18H2/t23-,24+/m1/s1. The van der Waals surface area contributed by atoms with Gasteiger partial charge < -0.3 is 9.80 Å². The normalized spacial score (nSPS) is 18.8. The van der Waals surface area contributed by atoms with Crippen molar-refractivity contribution in [1.82, 2.24) is 9.80 Å². The fourth-order valence-corrected chi connectivity index (χ4v) is 5.50. The fourth-order valence-electron chi connectivity index (χ4n) is 5.50. The SMILES string of the molecule is O=C(Cc1ccc([N+](=O)[O-])cc1F)N1C[C@H]2CCN(C(=O)c3cccc(Cc4cccc(F)c4)c3)C[C@H]2C1. The lowest BCUT2D eigenvalue weighted by Crippen LogP contribution is -2.43. The van der Waals surface area contributed by atoms with E-state index >= 15 is 0 Å². The van der Waals surface area contributed by atoms with Gasteiger partial charge in [-0.2, -0.15) is 0 Å². The maximum Gasteiger partial charge on any atom is 0.272 e. The zero-order valence-corrected chi connectivity index (χ0v) is 20.7. The van der Waals surface area contributed by atoms with Crippen LogP contribution in [-0.2, 0) is 17.6 Å². The van der Waals surface area contributed by atoms with E-state index in [0.717, 1.165) is 23.6 Å². The molecule has 2 amide bonds. The number of rotatable bonds is 6. The van der Waals surface area contributed by atoms with Crippen molar-refractivity contribution in [3.05, 3.63) is 111 Å². The van der Waals surface area contributed by atoms with Crippen LogP contribution in [0.25, 0.3) is 0 Å². The Morgan fingerprint density at radius 3 is 2.34 bits per heavy atom. The number of hydrogen-bond donors (Lipinski definition) is 0. The number of nitro groups is 1. The summed E-state index contributed by atoms with van der Waals surface area (Å²) in [5.41, 5.74) is 2.12. The molecule has 7 nitrogen and oxygen atoms in total. The quantitative estimate of drug-likeness (QED) is 0.351. The van der Waals surface area contributed by atoms with Crippen LogP contribution < -0.4 is 0 Å². The summed E-state index contributed by atoms with van der Waals surface area (Å²) in [6, 6.07) is 17.1. The Bertz CT molecular complexity index is 1400. The molecular weight excluding hydrogens is 492 g/mol. The van der Waals surface area contributed by atoms with Gasteiger partial charge in [0.25, 0.3) is 11.6 Å². The summed E-state index contributed by atoms with van der Waals surface area (Å²) < 4.78 is 27.8. The number of hydrogen-bond acceptors (Lipinski definition) is 4. The van der Waals surface area contributed by atoms with Gasteiger partial charge in [0.15, 0.2) is 0 Å². The van der Waals surface area contributed by atoms with Crippen molar-refractivity contribution < 1.29 is 23.3 Å². The number of halogens is 2. The van der Waals surface area contributed by atoms with Gasteiger partial charge in [0, 0.05) is 37.8 Å². The summed E-state index contributed by atoms with van der Waals surface area (Å²) in [4.78, 5) is 39.9. The number of likely N-dealkylation sites (tertiary alicyclic amines) is 2. The number of amides is 2. The van der Waals surface area contributed by atoms with Crippen LogP contribution in [0.4, 0.5) is 14.5 Å². The van der Waals surface area contributed by atoms with Crippen LogP contribution in [0.15, 0.2) is 66.7 Å². The Hall–Kier alpha value is -4.14. The molecule has 3 aromatic carbocycles. The van der Waals surface area contributed by atoms with Gasteiger partial charge in [-0.05, 0) is 71.7 Å². The summed E-state index contributed by atoms with van der Waals surface area (Å²) in [5, 5.41) is 10.8. The number of non-ortho nitro benzene ring substituents is 1. The Morgan fingerprint density at radius 2 is 1.61 bits per heavy atom. The number of nitrogens with zero attached hydrogens (tertiary/aromatic N) is 3. The summed E-state index contributed by atoms with van der Waals surface area (Å²) in [7, 11) is 0. The number of carbonyl (C=O) groups excluding carboxylic acids is 2. The molecular formula is C29H27F2N3O4. The second-order valence-corrected chi connectivity index (χ2v) is 10.1. The molecule has 0 aromatic heterocycles. The molecule has 2 saturated heterocycles. The Balaban J connectivity index is 1.20. The average Bonchev–Trinajstić information content (AvgIpc) is 3.33. The molecule has 9 heteroatoms. The van der Waals surface area contributed by atoms with Crippen molar-refractivity contribution in [2.24, 2.45) is 11.8 Å². The van der Waals surface area contributed by atoms with Crippen LogP contribution in [0.2, 0.25) is 0 Å². The maximum absolute atomic E-state index is 14.3. The van der Waals surface area contributed by atoms with E-state index in [1.165, 1.54) is 24.3 Å². The van der Waals surface area contributed by atoms with Gasteiger partial charge in [-0.25, -0.2) is 8.78 Å².